The molecule has 1 heterocycles. The fourth-order valence-corrected chi connectivity index (χ4v) is 2.91. The Kier molecular flexibility index (Phi) is 3.49. The van der Waals surface area contributed by atoms with Crippen LogP contribution in [0.25, 0.3) is 10.9 Å². The third-order valence-electron chi connectivity index (χ3n) is 3.22. The molecule has 0 fully saturated rings. The van der Waals surface area contributed by atoms with Crippen molar-refractivity contribution < 1.29 is 17.5 Å². The van der Waals surface area contributed by atoms with Crippen LogP contribution in [0.3, 0.4) is 0 Å². The molecular formula is C14H11N3O5S. The molecule has 8 nitrogen and oxygen atoms in total. The molecule has 9 heteroatoms. The fraction of sp³-hybridized carbons (Fsp3) is 0.0714. The van der Waals surface area contributed by atoms with Crippen LogP contribution >= 0.6 is 0 Å². The quantitative estimate of drug-likeness (QED) is 0.445. The molecule has 0 spiro atoms. The Balaban J connectivity index is 2.02. The first-order valence-electron chi connectivity index (χ1n) is 6.50. The van der Waals surface area contributed by atoms with E-state index in [2.05, 4.69) is 10.2 Å². The number of nitrogens with one attached hydrogen (secondary N) is 1. The van der Waals surface area contributed by atoms with E-state index < -0.39 is 15.0 Å². The summed E-state index contributed by atoms with van der Waals surface area (Å²) in [5, 5.41) is 17.4. The van der Waals surface area contributed by atoms with Crippen LogP contribution in [0.15, 0.2) is 47.4 Å². The Bertz CT molecular complexity index is 993. The van der Waals surface area contributed by atoms with Crippen LogP contribution < -0.4 is 4.18 Å². The van der Waals surface area contributed by atoms with Gasteiger partial charge in [0.15, 0.2) is 0 Å². The molecule has 1 aromatic heterocycles. The maximum absolute atomic E-state index is 12.3. The van der Waals surface area contributed by atoms with E-state index in [1.165, 1.54) is 30.3 Å². The highest BCUT2D eigenvalue weighted by molar-refractivity contribution is 7.87. The third kappa shape index (κ3) is 2.86. The molecule has 3 rings (SSSR count). The van der Waals surface area contributed by atoms with E-state index in [1.54, 1.807) is 12.1 Å². The van der Waals surface area contributed by atoms with Gasteiger partial charge >= 0.3 is 10.1 Å². The fourth-order valence-electron chi connectivity index (χ4n) is 2.01. The van der Waals surface area contributed by atoms with Crippen molar-refractivity contribution in [3.63, 3.8) is 0 Å². The largest absolute Gasteiger partial charge is 0.356 e. The van der Waals surface area contributed by atoms with Gasteiger partial charge in [0, 0.05) is 12.1 Å². The molecule has 0 aliphatic carbocycles. The summed E-state index contributed by atoms with van der Waals surface area (Å²) in [5.74, 6) is -0.232. The van der Waals surface area contributed by atoms with Gasteiger partial charge in [0.25, 0.3) is 11.6 Å². The number of benzene rings is 2. The zero-order valence-corrected chi connectivity index (χ0v) is 12.7. The molecule has 0 saturated heterocycles. The number of aromatic nitrogens is 2. The second-order valence-corrected chi connectivity index (χ2v) is 6.41. The highest BCUT2D eigenvalue weighted by Gasteiger charge is 2.21. The Hall–Kier alpha value is -2.94. The summed E-state index contributed by atoms with van der Waals surface area (Å²) in [4.78, 5) is 10.2. The van der Waals surface area contributed by atoms with Crippen LogP contribution in [0.1, 0.15) is 5.56 Å². The maximum atomic E-state index is 12.3. The zero-order valence-electron chi connectivity index (χ0n) is 11.9. The van der Waals surface area contributed by atoms with Gasteiger partial charge < -0.3 is 4.18 Å². The van der Waals surface area contributed by atoms with Gasteiger partial charge in [0.1, 0.15) is 4.90 Å². The van der Waals surface area contributed by atoms with Crippen molar-refractivity contribution in [1.82, 2.24) is 10.2 Å². The SMILES string of the molecule is Cc1ccc(S(=O)(=O)Oc2n[nH]c3ccc([N+](=O)[O-])cc23)cc1. The summed E-state index contributed by atoms with van der Waals surface area (Å²) in [6.45, 7) is 1.83. The molecule has 0 unspecified atom stereocenters. The Morgan fingerprint density at radius 1 is 1.17 bits per heavy atom. The highest BCUT2D eigenvalue weighted by atomic mass is 32.2. The van der Waals surface area contributed by atoms with Crippen LogP contribution in [-0.2, 0) is 10.1 Å². The number of H-pyrrole nitrogens is 1. The number of aromatic amines is 1. The summed E-state index contributed by atoms with van der Waals surface area (Å²) in [7, 11) is -4.08. The van der Waals surface area contributed by atoms with E-state index >= 15 is 0 Å². The van der Waals surface area contributed by atoms with E-state index in [0.717, 1.165) is 5.56 Å². The van der Waals surface area contributed by atoms with Gasteiger partial charge in [-0.25, -0.2) is 0 Å². The molecular weight excluding hydrogens is 322 g/mol. The van der Waals surface area contributed by atoms with Gasteiger partial charge in [0.05, 0.1) is 15.8 Å². The van der Waals surface area contributed by atoms with E-state index in [9.17, 15) is 18.5 Å². The van der Waals surface area contributed by atoms with Gasteiger partial charge in [-0.1, -0.05) is 17.7 Å². The Morgan fingerprint density at radius 3 is 2.52 bits per heavy atom. The molecule has 0 bridgehead atoms. The number of fused-ring (bicyclic) bond motifs is 1. The number of non-ortho nitro benzene ring substituents is 1. The summed E-state index contributed by atoms with van der Waals surface area (Å²) >= 11 is 0. The predicted molar refractivity (Wildman–Crippen MR) is 81.7 cm³/mol. The minimum Gasteiger partial charge on any atom is -0.356 e. The van der Waals surface area contributed by atoms with Crippen LogP contribution in [0.2, 0.25) is 0 Å². The maximum Gasteiger partial charge on any atom is 0.340 e. The zero-order chi connectivity index (χ0) is 16.6. The van der Waals surface area contributed by atoms with Gasteiger partial charge in [-0.2, -0.15) is 8.42 Å². The molecule has 2 aromatic carbocycles. The summed E-state index contributed by atoms with van der Waals surface area (Å²) in [5.41, 5.74) is 1.16. The van der Waals surface area contributed by atoms with Crippen molar-refractivity contribution in [2.24, 2.45) is 0 Å². The molecule has 0 amide bonds. The Labute approximate surface area is 131 Å². The van der Waals surface area contributed by atoms with Gasteiger partial charge in [0.2, 0.25) is 0 Å². The van der Waals surface area contributed by atoms with E-state index in [1.807, 2.05) is 6.92 Å². The van der Waals surface area contributed by atoms with Crippen molar-refractivity contribution >= 4 is 26.7 Å². The molecule has 0 aliphatic rings. The summed E-state index contributed by atoms with van der Waals surface area (Å²) in [6.07, 6.45) is 0. The first-order chi connectivity index (χ1) is 10.9. The number of rotatable bonds is 4. The molecule has 0 atom stereocenters. The van der Waals surface area contributed by atoms with Gasteiger partial charge in [-0.05, 0) is 25.1 Å². The van der Waals surface area contributed by atoms with Crippen LogP contribution in [0.5, 0.6) is 5.88 Å². The minimum atomic E-state index is -4.08. The molecule has 0 aliphatic heterocycles. The lowest BCUT2D eigenvalue weighted by Crippen LogP contribution is -2.10. The minimum absolute atomic E-state index is 0.0234. The molecule has 0 radical (unpaired) electrons. The Morgan fingerprint density at radius 2 is 1.87 bits per heavy atom. The van der Waals surface area contributed by atoms with Crippen molar-refractivity contribution in [3.05, 3.63) is 58.1 Å². The second kappa shape index (κ2) is 5.36. The number of nitro groups is 1. The van der Waals surface area contributed by atoms with Crippen LogP contribution in [0.4, 0.5) is 5.69 Å². The molecule has 118 valence electrons. The van der Waals surface area contributed by atoms with Crippen LogP contribution in [-0.4, -0.2) is 23.5 Å². The van der Waals surface area contributed by atoms with E-state index in [-0.39, 0.29) is 21.8 Å². The molecule has 1 N–H and O–H groups in total. The lowest BCUT2D eigenvalue weighted by molar-refractivity contribution is -0.384. The molecule has 23 heavy (non-hydrogen) atoms. The number of hydrogen-bond acceptors (Lipinski definition) is 6. The molecule has 0 saturated carbocycles. The van der Waals surface area contributed by atoms with E-state index in [0.29, 0.717) is 5.52 Å². The number of hydrogen-bond donors (Lipinski definition) is 1. The standard InChI is InChI=1S/C14H11N3O5S/c1-9-2-5-11(6-3-9)23(20,21)22-14-12-8-10(17(18)19)4-7-13(12)15-16-14/h2-8H,1H3,(H,15,16). The lowest BCUT2D eigenvalue weighted by atomic mass is 10.2. The topological polar surface area (TPSA) is 115 Å². The van der Waals surface area contributed by atoms with Crippen molar-refractivity contribution in [3.8, 4) is 5.88 Å². The monoisotopic (exact) mass is 333 g/mol. The lowest BCUT2D eigenvalue weighted by Gasteiger charge is -2.05. The number of aryl methyl sites for hydroxylation is 1. The van der Waals surface area contributed by atoms with Gasteiger partial charge in [-0.3, -0.25) is 15.2 Å². The van der Waals surface area contributed by atoms with Gasteiger partial charge in [-0.15, -0.1) is 5.10 Å². The third-order valence-corrected chi connectivity index (χ3v) is 4.45. The first-order valence-corrected chi connectivity index (χ1v) is 7.91. The normalized spacial score (nSPS) is 11.5. The molecule has 3 aromatic rings. The predicted octanol–water partition coefficient (Wildman–Crippen LogP) is 2.55. The highest BCUT2D eigenvalue weighted by Crippen LogP contribution is 2.28. The van der Waals surface area contributed by atoms with Crippen molar-refractivity contribution in [2.75, 3.05) is 0 Å². The number of nitrogens with zero attached hydrogens (tertiary/aromatic N) is 2. The van der Waals surface area contributed by atoms with Crippen LogP contribution in [0, 0.1) is 17.0 Å². The first kappa shape index (κ1) is 15.0. The summed E-state index contributed by atoms with van der Waals surface area (Å²) < 4.78 is 29.5. The van der Waals surface area contributed by atoms with Crippen molar-refractivity contribution in [1.29, 1.82) is 0 Å². The smallest absolute Gasteiger partial charge is 0.340 e. The summed E-state index contributed by atoms with van der Waals surface area (Å²) in [6, 6.07) is 10.1. The van der Waals surface area contributed by atoms with E-state index in [4.69, 9.17) is 4.18 Å². The second-order valence-electron chi connectivity index (χ2n) is 4.87. The average Bonchev–Trinajstić information content (AvgIpc) is 2.89. The average molecular weight is 333 g/mol. The number of nitro benzene ring substituents is 1. The van der Waals surface area contributed by atoms with Crippen molar-refractivity contribution in [2.45, 2.75) is 11.8 Å².